The number of aliphatic hydroxyl groups is 1. The highest BCUT2D eigenvalue weighted by molar-refractivity contribution is 7.96. The molecule has 8 nitrogen and oxygen atoms in total. The van der Waals surface area contributed by atoms with E-state index in [2.05, 4.69) is 5.32 Å². The average molecular weight is 623 g/mol. The molecule has 1 fully saturated rings. The number of carbonyl (C=O) groups excluding carboxylic acids is 3. The fourth-order valence-electron chi connectivity index (χ4n) is 6.19. The molecule has 0 spiro atoms. The first-order valence-corrected chi connectivity index (χ1v) is 16.5. The highest BCUT2D eigenvalue weighted by Crippen LogP contribution is 2.49. The minimum Gasteiger partial charge on any atom is -0.477 e. The monoisotopic (exact) mass is 622 g/mol. The molecule has 0 saturated carbocycles. The number of carbonyl (C=O) groups is 4. The maximum Gasteiger partial charge on any atom is 0.353 e. The molecule has 0 aliphatic carbocycles. The Morgan fingerprint density at radius 2 is 1.33 bits per heavy atom. The van der Waals surface area contributed by atoms with Crippen LogP contribution in [0, 0.1) is 5.92 Å². The Bertz CT molecular complexity index is 1670. The van der Waals surface area contributed by atoms with Crippen molar-refractivity contribution in [2.75, 3.05) is 7.05 Å². The minimum absolute atomic E-state index is 0.0944. The number of carboxylic acids is 1. The summed E-state index contributed by atoms with van der Waals surface area (Å²) >= 11 is 0. The van der Waals surface area contributed by atoms with Gasteiger partial charge >= 0.3 is 5.97 Å². The van der Waals surface area contributed by atoms with Crippen LogP contribution in [0.3, 0.4) is 0 Å². The summed E-state index contributed by atoms with van der Waals surface area (Å²) in [4.78, 5) is 54.6. The third kappa shape index (κ3) is 5.99. The Morgan fingerprint density at radius 1 is 0.822 bits per heavy atom. The van der Waals surface area contributed by atoms with Crippen molar-refractivity contribution in [2.24, 2.45) is 5.92 Å². The van der Waals surface area contributed by atoms with Gasteiger partial charge in [-0.3, -0.25) is 14.4 Å². The minimum atomic E-state index is -3.23. The smallest absolute Gasteiger partial charge is 0.353 e. The van der Waals surface area contributed by atoms with Crippen LogP contribution in [0.4, 0.5) is 0 Å². The van der Waals surface area contributed by atoms with Gasteiger partial charge < -0.3 is 20.4 Å². The molecule has 1 aliphatic rings. The summed E-state index contributed by atoms with van der Waals surface area (Å²) in [5, 5.41) is 26.6. The van der Waals surface area contributed by atoms with Crippen LogP contribution in [-0.4, -0.2) is 63.3 Å². The standard InChI is InChI=1S/C36H35N2O6P/c1-24(39)33-30(23-31(40)26-14-12-13-25(21-26)22-32(41)37-2)38(34(33)42)35(36(43)44)45(27-15-6-3-7-16-27,28-17-8-4-9-18-28)29-19-10-5-11-20-29/h3-21,24,30,33,39H,22-23H2,1-2H3,(H,37,41)(H,43,44)/t24-,30-,33-/m1/s1. The van der Waals surface area contributed by atoms with Gasteiger partial charge in [-0.2, -0.15) is 0 Å². The molecule has 0 radical (unpaired) electrons. The number of hydrogen-bond acceptors (Lipinski definition) is 5. The molecular weight excluding hydrogens is 587 g/mol. The lowest BCUT2D eigenvalue weighted by molar-refractivity contribution is -0.156. The number of benzene rings is 4. The number of likely N-dealkylation sites (N-methyl/N-ethyl adjacent to an activating group) is 1. The van der Waals surface area contributed by atoms with Crippen LogP contribution in [0.2, 0.25) is 0 Å². The zero-order valence-corrected chi connectivity index (χ0v) is 25.9. The number of ketones is 1. The van der Waals surface area contributed by atoms with Crippen molar-refractivity contribution < 1.29 is 29.4 Å². The maximum absolute atomic E-state index is 14.0. The first-order chi connectivity index (χ1) is 21.7. The Morgan fingerprint density at radius 3 is 1.78 bits per heavy atom. The van der Waals surface area contributed by atoms with Crippen LogP contribution in [0.5, 0.6) is 0 Å². The maximum atomic E-state index is 14.0. The molecule has 1 aliphatic heterocycles. The van der Waals surface area contributed by atoms with E-state index in [0.717, 1.165) is 15.9 Å². The number of hydrogen-bond donors (Lipinski definition) is 3. The molecule has 0 unspecified atom stereocenters. The van der Waals surface area contributed by atoms with E-state index in [-0.39, 0.29) is 29.9 Å². The molecule has 9 heteroatoms. The van der Waals surface area contributed by atoms with Crippen LogP contribution in [0.15, 0.2) is 115 Å². The molecular formula is C36H35N2O6P. The second kappa shape index (κ2) is 13.5. The number of nitrogens with zero attached hydrogens (tertiary/aromatic N) is 1. The zero-order chi connectivity index (χ0) is 32.1. The molecule has 2 amide bonds. The van der Waals surface area contributed by atoms with E-state index in [1.165, 1.54) is 18.9 Å². The van der Waals surface area contributed by atoms with Gasteiger partial charge in [0.15, 0.2) is 5.78 Å². The Hall–Kier alpha value is -4.78. The first-order valence-electron chi connectivity index (χ1n) is 14.7. The van der Waals surface area contributed by atoms with E-state index in [4.69, 9.17) is 0 Å². The quantitative estimate of drug-likeness (QED) is 0.134. The van der Waals surface area contributed by atoms with Crippen LogP contribution in [-0.2, 0) is 20.8 Å². The number of aliphatic hydroxyl groups excluding tert-OH is 1. The van der Waals surface area contributed by atoms with Crippen LogP contribution in [0.1, 0.15) is 29.3 Å². The fourth-order valence-corrected chi connectivity index (χ4v) is 10.5. The van der Waals surface area contributed by atoms with Gasteiger partial charge in [-0.05, 0) is 34.5 Å². The first kappa shape index (κ1) is 31.6. The van der Waals surface area contributed by atoms with Crippen LogP contribution >= 0.6 is 6.89 Å². The topological polar surface area (TPSA) is 124 Å². The number of nitrogens with one attached hydrogen (secondary N) is 1. The summed E-state index contributed by atoms with van der Waals surface area (Å²) in [6.07, 6.45) is -1.23. The molecule has 1 saturated heterocycles. The summed E-state index contributed by atoms with van der Waals surface area (Å²) in [5.41, 5.74) is 0.875. The molecule has 3 N–H and O–H groups in total. The Kier molecular flexibility index (Phi) is 9.47. The SMILES string of the molecule is CNC(=O)Cc1cccc(C(=O)C[C@@H]2[C@@H]([C@@H](C)O)C(=O)N2C(C(=O)O)=P(c2ccccc2)(c2ccccc2)c2ccccc2)c1. The van der Waals surface area contributed by atoms with Gasteiger partial charge in [0.2, 0.25) is 11.8 Å². The van der Waals surface area contributed by atoms with E-state index < -0.39 is 36.8 Å². The van der Waals surface area contributed by atoms with Gasteiger partial charge in [-0.25, -0.2) is 4.79 Å². The van der Waals surface area contributed by atoms with Crippen LogP contribution in [0.25, 0.3) is 0 Å². The predicted molar refractivity (Wildman–Crippen MR) is 177 cm³/mol. The molecule has 4 aromatic rings. The van der Waals surface area contributed by atoms with E-state index in [9.17, 15) is 29.4 Å². The predicted octanol–water partition coefficient (Wildman–Crippen LogP) is 2.96. The lowest BCUT2D eigenvalue weighted by Gasteiger charge is -2.50. The normalized spacial score (nSPS) is 16.8. The number of likely N-dealkylation sites (tertiary alicyclic amines) is 1. The molecule has 0 bridgehead atoms. The highest BCUT2D eigenvalue weighted by Gasteiger charge is 2.55. The largest absolute Gasteiger partial charge is 0.477 e. The summed E-state index contributed by atoms with van der Waals surface area (Å²) in [6, 6.07) is 33.7. The third-order valence-electron chi connectivity index (χ3n) is 8.24. The van der Waals surface area contributed by atoms with Gasteiger partial charge in [-0.15, -0.1) is 0 Å². The van der Waals surface area contributed by atoms with Crippen molar-refractivity contribution in [1.82, 2.24) is 10.2 Å². The molecule has 5 rings (SSSR count). The number of carboxylic acid groups (broad SMARTS) is 1. The van der Waals surface area contributed by atoms with Gasteiger partial charge in [0, 0.05) is 25.9 Å². The summed E-state index contributed by atoms with van der Waals surface area (Å²) in [6.45, 7) is -1.75. The van der Waals surface area contributed by atoms with Crippen molar-refractivity contribution in [3.8, 4) is 0 Å². The number of aliphatic carboxylic acids is 1. The Labute approximate surface area is 262 Å². The second-order valence-electron chi connectivity index (χ2n) is 11.0. The molecule has 0 aromatic heterocycles. The van der Waals surface area contributed by atoms with E-state index in [1.54, 1.807) is 24.3 Å². The molecule has 1 heterocycles. The van der Waals surface area contributed by atoms with Gasteiger partial charge in [-0.1, -0.05) is 109 Å². The lowest BCUT2D eigenvalue weighted by Crippen LogP contribution is -2.68. The third-order valence-corrected chi connectivity index (χ3v) is 12.5. The van der Waals surface area contributed by atoms with E-state index in [1.807, 2.05) is 91.0 Å². The van der Waals surface area contributed by atoms with Gasteiger partial charge in [0.25, 0.3) is 0 Å². The van der Waals surface area contributed by atoms with Crippen molar-refractivity contribution in [3.05, 3.63) is 126 Å². The molecule has 45 heavy (non-hydrogen) atoms. The number of β-lactam (4-membered cyclic amide) rings is 1. The molecule has 3 atom stereocenters. The van der Waals surface area contributed by atoms with Crippen molar-refractivity contribution in [1.29, 1.82) is 0 Å². The summed E-state index contributed by atoms with van der Waals surface area (Å²) in [7, 11) is 1.54. The summed E-state index contributed by atoms with van der Waals surface area (Å²) in [5.74, 6) is -3.31. The van der Waals surface area contributed by atoms with Crippen molar-refractivity contribution in [3.63, 3.8) is 0 Å². The zero-order valence-electron chi connectivity index (χ0n) is 25.0. The lowest BCUT2D eigenvalue weighted by atomic mass is 9.79. The number of Topliss-reactive ketones (excluding diaryl/α,β-unsaturated/α-hetero) is 1. The van der Waals surface area contributed by atoms with E-state index >= 15 is 0 Å². The van der Waals surface area contributed by atoms with Gasteiger partial charge in [0.1, 0.15) is 5.42 Å². The highest BCUT2D eigenvalue weighted by atomic mass is 31.2. The summed E-state index contributed by atoms with van der Waals surface area (Å²) < 4.78 is 0. The molecule has 4 aromatic carbocycles. The number of rotatable bonds is 11. The second-order valence-corrected chi connectivity index (χ2v) is 14.3. The van der Waals surface area contributed by atoms with Crippen LogP contribution < -0.4 is 21.2 Å². The fraction of sp³-hybridized carbons (Fsp3) is 0.194. The van der Waals surface area contributed by atoms with E-state index in [0.29, 0.717) is 11.1 Å². The Balaban J connectivity index is 1.74. The molecule has 230 valence electrons. The van der Waals surface area contributed by atoms with Gasteiger partial charge in [0.05, 0.1) is 24.5 Å². The van der Waals surface area contributed by atoms with Crippen molar-refractivity contribution >= 4 is 51.8 Å². The average Bonchev–Trinajstić information content (AvgIpc) is 3.05. The number of amides is 2. The van der Waals surface area contributed by atoms with Crippen molar-refractivity contribution in [2.45, 2.75) is 31.9 Å².